The van der Waals surface area contributed by atoms with E-state index in [-0.39, 0.29) is 11.8 Å². The van der Waals surface area contributed by atoms with E-state index in [0.29, 0.717) is 74.0 Å². The number of carbonyl (C=O) groups excluding carboxylic acids is 2. The van der Waals surface area contributed by atoms with Crippen LogP contribution in [-0.2, 0) is 6.42 Å². The maximum Gasteiger partial charge on any atom is 0.259 e. The van der Waals surface area contributed by atoms with Crippen LogP contribution in [0.4, 0.5) is 11.4 Å². The first-order valence-corrected chi connectivity index (χ1v) is 20.7. The minimum Gasteiger partial charge on any atom is -0.497 e. The van der Waals surface area contributed by atoms with Crippen molar-refractivity contribution >= 4 is 69.1 Å². The Morgan fingerprint density at radius 1 is 0.714 bits per heavy atom. The minimum absolute atomic E-state index is 0.198. The van der Waals surface area contributed by atoms with Crippen LogP contribution in [0.1, 0.15) is 73.8 Å². The molecular weight excluding hydrogens is 788 g/mol. The van der Waals surface area contributed by atoms with E-state index in [1.54, 1.807) is 67.2 Å². The molecule has 2 atom stereocenters. The van der Waals surface area contributed by atoms with Gasteiger partial charge in [0.15, 0.2) is 0 Å². The SMILES string of the molecule is COc1ccc(C(=O)Nc2ccc(-c3csc(C4CC4)n3)c(Cl)c2)c(CCC2CC2c2nc(-c3ccc(NC(=O)c4ccc(OC)cc4OC)cc3Cl)cs2)c1. The summed E-state index contributed by atoms with van der Waals surface area (Å²) in [4.78, 5) is 36.4. The zero-order valence-electron chi connectivity index (χ0n) is 30.9. The number of carbonyl (C=O) groups is 2. The Kier molecular flexibility index (Phi) is 11.0. The molecule has 2 aliphatic carbocycles. The molecule has 6 aromatic rings. The van der Waals surface area contributed by atoms with Gasteiger partial charge in [-0.15, -0.1) is 22.7 Å². The summed E-state index contributed by atoms with van der Waals surface area (Å²) >= 11 is 16.7. The number of nitrogens with one attached hydrogen (secondary N) is 2. The summed E-state index contributed by atoms with van der Waals surface area (Å²) in [6.07, 6.45) is 5.05. The van der Waals surface area contributed by atoms with Crippen molar-refractivity contribution in [3.63, 3.8) is 0 Å². The van der Waals surface area contributed by atoms with Gasteiger partial charge < -0.3 is 24.8 Å². The van der Waals surface area contributed by atoms with Crippen LogP contribution in [0.25, 0.3) is 22.5 Å². The Balaban J connectivity index is 0.891. The molecule has 2 N–H and O–H groups in total. The second-order valence-corrected chi connectivity index (χ2v) is 16.5. The Bertz CT molecular complexity index is 2440. The van der Waals surface area contributed by atoms with Crippen molar-refractivity contribution < 1.29 is 23.8 Å². The van der Waals surface area contributed by atoms with Gasteiger partial charge in [0, 0.05) is 56.7 Å². The van der Waals surface area contributed by atoms with Gasteiger partial charge >= 0.3 is 0 Å². The fourth-order valence-electron chi connectivity index (χ4n) is 6.83. The van der Waals surface area contributed by atoms with Crippen molar-refractivity contribution in [2.24, 2.45) is 5.92 Å². The molecule has 0 bridgehead atoms. The van der Waals surface area contributed by atoms with Crippen molar-refractivity contribution in [3.05, 3.63) is 120 Å². The van der Waals surface area contributed by atoms with E-state index < -0.39 is 0 Å². The molecular formula is C43H38Cl2N4O5S2. The summed E-state index contributed by atoms with van der Waals surface area (Å²) in [5.74, 6) is 2.56. The number of rotatable bonds is 14. The van der Waals surface area contributed by atoms with Crippen LogP contribution in [0, 0.1) is 5.92 Å². The quantitative estimate of drug-likeness (QED) is 0.112. The summed E-state index contributed by atoms with van der Waals surface area (Å²) < 4.78 is 16.2. The average Bonchev–Trinajstić information content (AvgIpc) is 4.11. The highest BCUT2D eigenvalue weighted by molar-refractivity contribution is 7.10. The van der Waals surface area contributed by atoms with Gasteiger partial charge in [-0.1, -0.05) is 23.2 Å². The molecule has 2 aliphatic rings. The lowest BCUT2D eigenvalue weighted by Gasteiger charge is -2.13. The number of amides is 2. The van der Waals surface area contributed by atoms with Crippen LogP contribution < -0.4 is 24.8 Å². The second kappa shape index (κ2) is 16.3. The normalized spacial score (nSPS) is 15.9. The molecule has 2 amide bonds. The summed E-state index contributed by atoms with van der Waals surface area (Å²) in [7, 11) is 4.69. The van der Waals surface area contributed by atoms with E-state index in [0.717, 1.165) is 45.9 Å². The minimum atomic E-state index is -0.324. The second-order valence-electron chi connectivity index (χ2n) is 13.9. The highest BCUT2D eigenvalue weighted by atomic mass is 35.5. The first kappa shape index (κ1) is 38.0. The molecule has 2 fully saturated rings. The largest absolute Gasteiger partial charge is 0.497 e. The Morgan fingerprint density at radius 3 is 1.88 bits per heavy atom. The number of ether oxygens (including phenoxy) is 3. The Labute approximate surface area is 343 Å². The van der Waals surface area contributed by atoms with E-state index in [1.807, 2.05) is 47.8 Å². The third-order valence-corrected chi connectivity index (χ3v) is 12.8. The number of aryl methyl sites for hydroxylation is 1. The van der Waals surface area contributed by atoms with Gasteiger partial charge in [0.25, 0.3) is 11.8 Å². The highest BCUT2D eigenvalue weighted by Crippen LogP contribution is 2.52. The van der Waals surface area contributed by atoms with Crippen LogP contribution >= 0.6 is 45.9 Å². The van der Waals surface area contributed by atoms with E-state index in [1.165, 1.54) is 25.0 Å². The summed E-state index contributed by atoms with van der Waals surface area (Å²) in [6, 6.07) is 21.6. The number of hydrogen-bond donors (Lipinski definition) is 2. The number of halogens is 2. The van der Waals surface area contributed by atoms with Crippen LogP contribution in [0.15, 0.2) is 83.6 Å². The predicted octanol–water partition coefficient (Wildman–Crippen LogP) is 11.4. The monoisotopic (exact) mass is 824 g/mol. The number of anilines is 2. The smallest absolute Gasteiger partial charge is 0.259 e. The molecule has 2 saturated carbocycles. The molecule has 56 heavy (non-hydrogen) atoms. The molecule has 0 spiro atoms. The third kappa shape index (κ3) is 8.27. The molecule has 2 unspecified atom stereocenters. The summed E-state index contributed by atoms with van der Waals surface area (Å²) in [6.45, 7) is 0. The standard InChI is InChI=1S/C43H38Cl2N4O5S2/c1-52-28-10-14-30(40(50)46-26-8-12-31(35(44)18-26)37-21-55-42(48-37)23-4-5-23)24(16-28)6-7-25-17-34(25)43-49-38(22-56-43)32-13-9-27(19-36(32)45)47-41(51)33-15-11-29(53-2)20-39(33)54-3/h8-16,18-23,25,34H,4-7,17H2,1-3H3,(H,46,50)(H,47,51). The van der Waals surface area contributed by atoms with Gasteiger partial charge in [0.1, 0.15) is 17.2 Å². The topological polar surface area (TPSA) is 112 Å². The fourth-order valence-corrected chi connectivity index (χ4v) is 9.40. The van der Waals surface area contributed by atoms with Crippen molar-refractivity contribution in [2.75, 3.05) is 32.0 Å². The first-order valence-electron chi connectivity index (χ1n) is 18.2. The lowest BCUT2D eigenvalue weighted by atomic mass is 9.99. The van der Waals surface area contributed by atoms with Crippen molar-refractivity contribution in [3.8, 4) is 39.8 Å². The van der Waals surface area contributed by atoms with E-state index in [4.69, 9.17) is 47.4 Å². The van der Waals surface area contributed by atoms with Crippen molar-refractivity contribution in [2.45, 2.75) is 43.9 Å². The van der Waals surface area contributed by atoms with Crippen LogP contribution in [0.5, 0.6) is 17.2 Å². The summed E-state index contributed by atoms with van der Waals surface area (Å²) in [5.41, 5.74) is 6.41. The fraction of sp³-hybridized carbons (Fsp3) is 0.256. The summed E-state index contributed by atoms with van der Waals surface area (Å²) in [5, 5.41) is 13.3. The van der Waals surface area contributed by atoms with Crippen LogP contribution in [0.3, 0.4) is 0 Å². The number of thiazole rings is 2. The number of benzene rings is 4. The molecule has 4 aromatic carbocycles. The predicted molar refractivity (Wildman–Crippen MR) is 225 cm³/mol. The zero-order chi connectivity index (χ0) is 38.9. The van der Waals surface area contributed by atoms with Gasteiger partial charge in [0.2, 0.25) is 0 Å². The molecule has 0 saturated heterocycles. The van der Waals surface area contributed by atoms with Crippen molar-refractivity contribution in [1.82, 2.24) is 9.97 Å². The molecule has 286 valence electrons. The van der Waals surface area contributed by atoms with Gasteiger partial charge in [-0.25, -0.2) is 9.97 Å². The molecule has 2 heterocycles. The Morgan fingerprint density at radius 2 is 1.29 bits per heavy atom. The zero-order valence-corrected chi connectivity index (χ0v) is 34.0. The van der Waals surface area contributed by atoms with Gasteiger partial charge in [-0.05, 0) is 110 Å². The van der Waals surface area contributed by atoms with E-state index in [2.05, 4.69) is 16.0 Å². The Hall–Kier alpha value is -4.94. The van der Waals surface area contributed by atoms with Crippen LogP contribution in [-0.4, -0.2) is 43.1 Å². The molecule has 13 heteroatoms. The first-order chi connectivity index (χ1) is 27.2. The maximum atomic E-state index is 13.6. The number of aromatic nitrogens is 2. The van der Waals surface area contributed by atoms with E-state index >= 15 is 0 Å². The molecule has 9 nitrogen and oxygen atoms in total. The highest BCUT2D eigenvalue weighted by Gasteiger charge is 2.40. The molecule has 0 radical (unpaired) electrons. The maximum absolute atomic E-state index is 13.6. The molecule has 8 rings (SSSR count). The molecule has 2 aromatic heterocycles. The average molecular weight is 826 g/mol. The van der Waals surface area contributed by atoms with Gasteiger partial charge in [-0.3, -0.25) is 9.59 Å². The number of nitrogens with zero attached hydrogens (tertiary/aromatic N) is 2. The van der Waals surface area contributed by atoms with E-state index in [9.17, 15) is 9.59 Å². The third-order valence-electron chi connectivity index (χ3n) is 10.2. The number of hydrogen-bond acceptors (Lipinski definition) is 9. The number of methoxy groups -OCH3 is 3. The van der Waals surface area contributed by atoms with Crippen molar-refractivity contribution in [1.29, 1.82) is 0 Å². The molecule has 0 aliphatic heterocycles. The lowest BCUT2D eigenvalue weighted by molar-refractivity contribution is 0.101. The lowest BCUT2D eigenvalue weighted by Crippen LogP contribution is -2.14. The van der Waals surface area contributed by atoms with Crippen LogP contribution in [0.2, 0.25) is 10.0 Å². The van der Waals surface area contributed by atoms with Gasteiger partial charge in [-0.2, -0.15) is 0 Å². The van der Waals surface area contributed by atoms with Gasteiger partial charge in [0.05, 0.1) is 58.3 Å².